The van der Waals surface area contributed by atoms with E-state index < -0.39 is 195 Å². The van der Waals surface area contributed by atoms with E-state index in [-0.39, 0.29) is 5.78 Å². The Morgan fingerprint density at radius 1 is 0.314 bits per heavy atom. The summed E-state index contributed by atoms with van der Waals surface area (Å²) in [6.07, 6.45) is -54.8. The van der Waals surface area contributed by atoms with E-state index in [0.717, 1.165) is 27.7 Å². The number of alkyl halides is 24. The second kappa shape index (κ2) is 22.4. The SMILES string of the molecule is FC(F)(F)c1cc([B-](c2cc(C(F)(F)F)cc(C(F)(F)F)c2)(c2cc(C(F)(F)F)cc(C(F)(F)F)c2)c2cc(C(F)(F)F)cc(C(F)(F)F)c2)cc(C(F)(F)F)c1.O=C(C[n+]1c(-c2cccc3ccccc23)ccc2ccccc21)c1ccccc1. The number of carbonyl (C=O) groups excluding carboxylic acids is 1. The van der Waals surface area contributed by atoms with Gasteiger partial charge < -0.3 is 0 Å². The number of para-hydroxylation sites is 1. The van der Waals surface area contributed by atoms with Gasteiger partial charge in [0, 0.05) is 23.1 Å². The monoisotopic (exact) mass is 1240 g/mol. The van der Waals surface area contributed by atoms with Crippen LogP contribution in [0.2, 0.25) is 0 Å². The molecule has 0 N–H and O–H groups in total. The zero-order chi connectivity index (χ0) is 63.5. The first-order chi connectivity index (χ1) is 39.6. The zero-order valence-electron chi connectivity index (χ0n) is 42.5. The summed E-state index contributed by atoms with van der Waals surface area (Å²) in [6.45, 7) is 0.296. The average molecular weight is 1240 g/mol. The van der Waals surface area contributed by atoms with Gasteiger partial charge in [-0.25, -0.2) is 0 Å². The van der Waals surface area contributed by atoms with Crippen molar-refractivity contribution < 1.29 is 115 Å². The van der Waals surface area contributed by atoms with Crippen molar-refractivity contribution in [2.45, 2.75) is 56.0 Å². The number of carbonyl (C=O) groups is 1. The van der Waals surface area contributed by atoms with Gasteiger partial charge >= 0.3 is 49.4 Å². The fraction of sp³-hybridized carbons (Fsp3) is 0.153. The number of nitrogens with zero attached hydrogens (tertiary/aromatic N) is 1. The molecule has 0 unspecified atom stereocenters. The minimum absolute atomic E-state index is 0.105. The first-order valence-electron chi connectivity index (χ1n) is 24.4. The standard InChI is InChI=1S/C32H12BF24.C27H20NO/c34-25(35,36)13-1-14(26(37,38)39)6-21(5-13)33(22-7-15(27(40,41)42)2-16(8-22)28(43,44)45,23-9-17(29(46,47)48)3-18(10-23)30(49,50)51)24-11-19(31(52,53)54)4-20(12-24)32(55,56)57;29-27(22-11-2-1-3-12-22)19-28-25-16-7-5-10-21(25)17-18-26(28)24-15-8-13-20-9-4-6-14-23(20)24/h1-12H;1-18H,19H2/q-1;+1. The molecule has 0 aliphatic rings. The Kier molecular flexibility index (Phi) is 16.5. The summed E-state index contributed by atoms with van der Waals surface area (Å²) in [5.41, 5.74) is -26.2. The summed E-state index contributed by atoms with van der Waals surface area (Å²) in [4.78, 5) is 13.1. The fourth-order valence-electron chi connectivity index (χ4n) is 10.0. The lowest BCUT2D eigenvalue weighted by molar-refractivity contribution is -0.645. The molecule has 0 aliphatic carbocycles. The number of ketones is 1. The van der Waals surface area contributed by atoms with E-state index in [1.54, 1.807) is 0 Å². The predicted octanol–water partition coefficient (Wildman–Crippen LogP) is 17.0. The Morgan fingerprint density at radius 3 is 0.965 bits per heavy atom. The molecule has 0 aliphatic heterocycles. The minimum Gasteiger partial charge on any atom is -0.287 e. The quantitative estimate of drug-likeness (QED) is 0.0643. The van der Waals surface area contributed by atoms with Crippen molar-refractivity contribution in [3.8, 4) is 11.3 Å². The highest BCUT2D eigenvalue weighted by Gasteiger charge is 2.47. The molecule has 0 amide bonds. The largest absolute Gasteiger partial charge is 0.416 e. The minimum atomic E-state index is -6.13. The third-order valence-corrected chi connectivity index (χ3v) is 13.8. The molecule has 27 heteroatoms. The second-order valence-electron chi connectivity index (χ2n) is 19.4. The Bertz CT molecular complexity index is 3560. The van der Waals surface area contributed by atoms with Crippen LogP contribution < -0.4 is 26.4 Å². The van der Waals surface area contributed by atoms with Gasteiger partial charge in [-0.05, 0) is 53.2 Å². The summed E-state index contributed by atoms with van der Waals surface area (Å²) in [5.74, 6) is 0.105. The van der Waals surface area contributed by atoms with Gasteiger partial charge in [-0.15, -0.1) is 0 Å². The lowest BCUT2D eigenvalue weighted by Gasteiger charge is -2.46. The number of aromatic nitrogens is 1. The molecule has 8 aromatic carbocycles. The van der Waals surface area contributed by atoms with Crippen LogP contribution in [0.25, 0.3) is 32.9 Å². The Hall–Kier alpha value is -8.52. The fourth-order valence-corrected chi connectivity index (χ4v) is 10.0. The molecule has 0 bridgehead atoms. The number of hydrogen-bond donors (Lipinski definition) is 0. The summed E-state index contributed by atoms with van der Waals surface area (Å²) in [7, 11) is 0. The first-order valence-corrected chi connectivity index (χ1v) is 24.4. The summed E-state index contributed by atoms with van der Waals surface area (Å²) >= 11 is 0. The number of benzene rings is 8. The van der Waals surface area contributed by atoms with Crippen molar-refractivity contribution in [1.29, 1.82) is 0 Å². The van der Waals surface area contributed by atoms with Crippen LogP contribution in [0.5, 0.6) is 0 Å². The van der Waals surface area contributed by atoms with Gasteiger partial charge in [0.1, 0.15) is 6.15 Å². The lowest BCUT2D eigenvalue weighted by atomic mass is 9.12. The summed E-state index contributed by atoms with van der Waals surface area (Å²) in [5, 5.41) is 3.50. The van der Waals surface area contributed by atoms with Crippen LogP contribution in [-0.2, 0) is 56.0 Å². The van der Waals surface area contributed by atoms with Crippen molar-refractivity contribution in [3.05, 3.63) is 232 Å². The number of Topliss-reactive ketones (excluding diaryl/α,β-unsaturated/α-hetero) is 1. The second-order valence-corrected chi connectivity index (χ2v) is 19.4. The van der Waals surface area contributed by atoms with Crippen LogP contribution in [0.15, 0.2) is 182 Å². The van der Waals surface area contributed by atoms with Crippen molar-refractivity contribution >= 4 is 55.5 Å². The van der Waals surface area contributed by atoms with Gasteiger partial charge in [0.2, 0.25) is 23.5 Å². The number of fused-ring (bicyclic) bond motifs is 2. The molecule has 1 heterocycles. The maximum Gasteiger partial charge on any atom is 0.416 e. The topological polar surface area (TPSA) is 20.9 Å². The summed E-state index contributed by atoms with van der Waals surface area (Å²) < 4.78 is 343. The molecule has 9 rings (SSSR count). The molecule has 1 aromatic heterocycles. The van der Waals surface area contributed by atoms with Crippen molar-refractivity contribution in [3.63, 3.8) is 0 Å². The number of halogens is 24. The van der Waals surface area contributed by atoms with E-state index in [9.17, 15) is 110 Å². The van der Waals surface area contributed by atoms with E-state index in [4.69, 9.17) is 0 Å². The highest BCUT2D eigenvalue weighted by molar-refractivity contribution is 7.20. The first kappa shape index (κ1) is 63.5. The van der Waals surface area contributed by atoms with Crippen LogP contribution in [0, 0.1) is 0 Å². The van der Waals surface area contributed by atoms with Gasteiger partial charge in [-0.1, -0.05) is 127 Å². The van der Waals surface area contributed by atoms with Crippen LogP contribution in [0.3, 0.4) is 0 Å². The molecule has 0 atom stereocenters. The van der Waals surface area contributed by atoms with Crippen molar-refractivity contribution in [1.82, 2.24) is 0 Å². The van der Waals surface area contributed by atoms with Gasteiger partial charge in [-0.3, -0.25) is 4.79 Å². The average Bonchev–Trinajstić information content (AvgIpc) is 0.716. The van der Waals surface area contributed by atoms with Crippen LogP contribution in [0.1, 0.15) is 54.9 Å². The predicted molar refractivity (Wildman–Crippen MR) is 268 cm³/mol. The van der Waals surface area contributed by atoms with Gasteiger partial charge in [0.05, 0.1) is 50.1 Å². The van der Waals surface area contributed by atoms with E-state index in [1.165, 1.54) is 10.8 Å². The Morgan fingerprint density at radius 2 is 0.616 bits per heavy atom. The highest BCUT2D eigenvalue weighted by atomic mass is 19.4. The third-order valence-electron chi connectivity index (χ3n) is 13.8. The maximum absolute atomic E-state index is 14.2. The zero-order valence-corrected chi connectivity index (χ0v) is 42.5. The number of rotatable bonds is 8. The molecule has 9 aromatic rings. The van der Waals surface area contributed by atoms with Crippen LogP contribution >= 0.6 is 0 Å². The molecule has 0 saturated carbocycles. The maximum atomic E-state index is 14.2. The summed E-state index contributed by atoms with van der Waals surface area (Å²) in [6, 6.07) is 27.9. The Labute approximate surface area is 468 Å². The van der Waals surface area contributed by atoms with Crippen molar-refractivity contribution in [2.24, 2.45) is 0 Å². The molecular formula is C59H32BF24NO. The number of hydrogen-bond acceptors (Lipinski definition) is 1. The molecule has 0 saturated heterocycles. The lowest BCUT2D eigenvalue weighted by Crippen LogP contribution is -2.75. The third kappa shape index (κ3) is 13.4. The van der Waals surface area contributed by atoms with E-state index in [1.807, 2.05) is 42.5 Å². The van der Waals surface area contributed by atoms with Crippen molar-refractivity contribution in [2.75, 3.05) is 0 Å². The van der Waals surface area contributed by atoms with Crippen LogP contribution in [0.4, 0.5) is 105 Å². The molecule has 0 radical (unpaired) electrons. The molecular weight excluding hydrogens is 1210 g/mol. The smallest absolute Gasteiger partial charge is 0.287 e. The van der Waals surface area contributed by atoms with E-state index >= 15 is 0 Å². The van der Waals surface area contributed by atoms with Gasteiger partial charge in [0.15, 0.2) is 0 Å². The number of pyridine rings is 1. The van der Waals surface area contributed by atoms with Gasteiger partial charge in [-0.2, -0.15) is 132 Å². The van der Waals surface area contributed by atoms with E-state index in [0.29, 0.717) is 6.54 Å². The normalized spacial score (nSPS) is 13.2. The molecule has 2 nitrogen and oxygen atoms in total. The van der Waals surface area contributed by atoms with Gasteiger partial charge in [0.25, 0.3) is 0 Å². The molecule has 0 fully saturated rings. The Balaban J connectivity index is 0.000000274. The van der Waals surface area contributed by atoms with E-state index in [2.05, 4.69) is 71.3 Å². The molecule has 450 valence electrons. The highest BCUT2D eigenvalue weighted by Crippen LogP contribution is 2.42. The molecule has 0 spiro atoms. The van der Waals surface area contributed by atoms with Crippen LogP contribution in [-0.4, -0.2) is 11.9 Å². The molecule has 86 heavy (non-hydrogen) atoms.